The minimum atomic E-state index is -0.304. The third kappa shape index (κ3) is 1.86. The molecule has 0 bridgehead atoms. The summed E-state index contributed by atoms with van der Waals surface area (Å²) >= 11 is 0. The van der Waals surface area contributed by atoms with Crippen molar-refractivity contribution < 1.29 is 9.90 Å². The molecule has 1 aromatic heterocycles. The average molecular weight is 322 g/mol. The van der Waals surface area contributed by atoms with Gasteiger partial charge in [0.05, 0.1) is 18.2 Å². The van der Waals surface area contributed by atoms with Gasteiger partial charge in [0.25, 0.3) is 0 Å². The Morgan fingerprint density at radius 2 is 2.08 bits per heavy atom. The molecule has 4 nitrogen and oxygen atoms in total. The zero-order chi connectivity index (χ0) is 16.9. The van der Waals surface area contributed by atoms with Crippen LogP contribution in [0.1, 0.15) is 36.6 Å². The van der Waals surface area contributed by atoms with Crippen LogP contribution in [0, 0.1) is 11.8 Å². The van der Waals surface area contributed by atoms with E-state index >= 15 is 0 Å². The van der Waals surface area contributed by atoms with Crippen molar-refractivity contribution in [3.63, 3.8) is 0 Å². The molecule has 1 aromatic carbocycles. The summed E-state index contributed by atoms with van der Waals surface area (Å²) < 4.78 is 1.96. The molecule has 0 amide bonds. The van der Waals surface area contributed by atoms with Crippen LogP contribution in [0.5, 0.6) is 0 Å². The summed E-state index contributed by atoms with van der Waals surface area (Å²) in [4.78, 5) is 12.7. The highest BCUT2D eigenvalue weighted by Gasteiger charge is 2.55. The molecule has 0 unspecified atom stereocenters. The Morgan fingerprint density at radius 3 is 2.79 bits per heavy atom. The van der Waals surface area contributed by atoms with E-state index in [2.05, 4.69) is 29.4 Å². The maximum absolute atomic E-state index is 12.7. The van der Waals surface area contributed by atoms with Crippen molar-refractivity contribution in [2.24, 2.45) is 18.9 Å². The second kappa shape index (κ2) is 5.33. The molecule has 4 rings (SSSR count). The molecular weight excluding hydrogens is 300 g/mol. The van der Waals surface area contributed by atoms with Crippen molar-refractivity contribution in [1.29, 1.82) is 0 Å². The molecule has 3 atom stereocenters. The SMILES string of the molecule is C[C@@H]1C(=O)C(=CO)C[C@]2(c3ccccc3)c3c(cnn3C)CC[C@@H]12. The van der Waals surface area contributed by atoms with Crippen LogP contribution >= 0.6 is 0 Å². The molecule has 0 radical (unpaired) electrons. The predicted octanol–water partition coefficient (Wildman–Crippen LogP) is 3.32. The number of allylic oxidation sites excluding steroid dienone is 1. The number of aromatic nitrogens is 2. The van der Waals surface area contributed by atoms with E-state index < -0.39 is 0 Å². The Labute approximate surface area is 141 Å². The summed E-state index contributed by atoms with van der Waals surface area (Å²) in [6.07, 6.45) is 5.44. The first-order valence-electron chi connectivity index (χ1n) is 8.54. The van der Waals surface area contributed by atoms with Crippen LogP contribution in [0.25, 0.3) is 0 Å². The number of Topliss-reactive ketones (excluding diaryl/α,β-unsaturated/α-hetero) is 1. The summed E-state index contributed by atoms with van der Waals surface area (Å²) in [6.45, 7) is 2.01. The van der Waals surface area contributed by atoms with Gasteiger partial charge in [-0.3, -0.25) is 9.48 Å². The number of nitrogens with zero attached hydrogens (tertiary/aromatic N) is 2. The summed E-state index contributed by atoms with van der Waals surface area (Å²) in [5, 5.41) is 14.2. The van der Waals surface area contributed by atoms with Gasteiger partial charge in [0.1, 0.15) is 0 Å². The lowest BCUT2D eigenvalue weighted by Crippen LogP contribution is -2.51. The maximum Gasteiger partial charge on any atom is 0.165 e. The van der Waals surface area contributed by atoms with E-state index in [-0.39, 0.29) is 23.0 Å². The number of carbonyl (C=O) groups is 1. The Bertz CT molecular complexity index is 821. The smallest absolute Gasteiger partial charge is 0.165 e. The van der Waals surface area contributed by atoms with E-state index in [0.717, 1.165) is 19.1 Å². The Balaban J connectivity index is 2.03. The van der Waals surface area contributed by atoms with Gasteiger partial charge >= 0.3 is 0 Å². The van der Waals surface area contributed by atoms with E-state index in [4.69, 9.17) is 0 Å². The molecule has 2 aromatic rings. The van der Waals surface area contributed by atoms with Crippen LogP contribution in [0.3, 0.4) is 0 Å². The molecule has 1 N–H and O–H groups in total. The van der Waals surface area contributed by atoms with E-state index in [0.29, 0.717) is 12.0 Å². The highest BCUT2D eigenvalue weighted by Crippen LogP contribution is 2.55. The van der Waals surface area contributed by atoms with Crippen LogP contribution in [0.15, 0.2) is 48.4 Å². The summed E-state index contributed by atoms with van der Waals surface area (Å²) in [5.41, 5.74) is 3.89. The van der Waals surface area contributed by atoms with Crippen LogP contribution in [-0.2, 0) is 23.7 Å². The minimum Gasteiger partial charge on any atom is -0.515 e. The number of aliphatic hydroxyl groups is 1. The van der Waals surface area contributed by atoms with Crippen molar-refractivity contribution >= 4 is 5.78 Å². The molecule has 1 saturated carbocycles. The van der Waals surface area contributed by atoms with E-state index in [1.54, 1.807) is 0 Å². The molecule has 0 saturated heterocycles. The van der Waals surface area contributed by atoms with Crippen LogP contribution in [0.2, 0.25) is 0 Å². The summed E-state index contributed by atoms with van der Waals surface area (Å²) in [5.74, 6) is 0.194. The number of rotatable bonds is 1. The molecule has 0 spiro atoms. The zero-order valence-electron chi connectivity index (χ0n) is 14.1. The lowest BCUT2D eigenvalue weighted by molar-refractivity contribution is -0.123. The first-order chi connectivity index (χ1) is 11.6. The maximum atomic E-state index is 12.7. The monoisotopic (exact) mass is 322 g/mol. The van der Waals surface area contributed by atoms with Crippen LogP contribution in [0.4, 0.5) is 0 Å². The van der Waals surface area contributed by atoms with Gasteiger partial charge in [0.2, 0.25) is 0 Å². The predicted molar refractivity (Wildman–Crippen MR) is 91.7 cm³/mol. The lowest BCUT2D eigenvalue weighted by atomic mass is 9.52. The van der Waals surface area contributed by atoms with Gasteiger partial charge in [0.15, 0.2) is 5.78 Å². The van der Waals surface area contributed by atoms with Gasteiger partial charge < -0.3 is 5.11 Å². The fourth-order valence-electron chi connectivity index (χ4n) is 5.03. The van der Waals surface area contributed by atoms with E-state index in [1.165, 1.54) is 16.8 Å². The Hall–Kier alpha value is -2.36. The number of carbonyl (C=O) groups excluding carboxylic acids is 1. The Kier molecular flexibility index (Phi) is 3.37. The van der Waals surface area contributed by atoms with Crippen molar-refractivity contribution in [2.75, 3.05) is 0 Å². The molecule has 2 aliphatic rings. The van der Waals surface area contributed by atoms with Crippen molar-refractivity contribution in [3.05, 3.63) is 65.2 Å². The van der Waals surface area contributed by atoms with Gasteiger partial charge in [0, 0.05) is 24.0 Å². The third-order valence-electron chi connectivity index (χ3n) is 6.04. The first kappa shape index (κ1) is 15.2. The fraction of sp³-hybridized carbons (Fsp3) is 0.400. The zero-order valence-corrected chi connectivity index (χ0v) is 14.1. The minimum absolute atomic E-state index is 0.0830. The quantitative estimate of drug-likeness (QED) is 0.647. The molecule has 1 heterocycles. The molecular formula is C20H22N2O2. The van der Waals surface area contributed by atoms with E-state index in [9.17, 15) is 9.90 Å². The molecule has 4 heteroatoms. The number of ketones is 1. The summed E-state index contributed by atoms with van der Waals surface area (Å²) in [6, 6.07) is 10.4. The highest BCUT2D eigenvalue weighted by molar-refractivity contribution is 5.98. The molecule has 2 aliphatic carbocycles. The van der Waals surface area contributed by atoms with Gasteiger partial charge in [-0.25, -0.2) is 0 Å². The fourth-order valence-corrected chi connectivity index (χ4v) is 5.03. The van der Waals surface area contributed by atoms with Crippen molar-refractivity contribution in [2.45, 2.75) is 31.6 Å². The number of fused-ring (bicyclic) bond motifs is 3. The standard InChI is InChI=1S/C20H22N2O2/c1-13-17-9-8-14-11-21-22(2)19(14)20(17,10-15(12-23)18(13)24)16-6-4-3-5-7-16/h3-7,11-13,17,23H,8-10H2,1-2H3/t13-,17-,20+/m0/s1. The van der Waals surface area contributed by atoms with Crippen LogP contribution < -0.4 is 0 Å². The molecule has 124 valence electrons. The average Bonchev–Trinajstić information content (AvgIpc) is 3.00. The van der Waals surface area contributed by atoms with E-state index in [1.807, 2.05) is 30.9 Å². The number of aliphatic hydroxyl groups excluding tert-OH is 1. The lowest BCUT2D eigenvalue weighted by Gasteiger charge is -2.50. The first-order valence-corrected chi connectivity index (χ1v) is 8.54. The largest absolute Gasteiger partial charge is 0.515 e. The number of benzene rings is 1. The highest BCUT2D eigenvalue weighted by atomic mass is 16.2. The van der Waals surface area contributed by atoms with Crippen molar-refractivity contribution in [1.82, 2.24) is 9.78 Å². The van der Waals surface area contributed by atoms with Gasteiger partial charge in [-0.2, -0.15) is 5.10 Å². The van der Waals surface area contributed by atoms with Crippen molar-refractivity contribution in [3.8, 4) is 0 Å². The molecule has 1 fully saturated rings. The Morgan fingerprint density at radius 1 is 1.33 bits per heavy atom. The topological polar surface area (TPSA) is 55.1 Å². The second-order valence-corrected chi connectivity index (χ2v) is 7.11. The number of hydrogen-bond donors (Lipinski definition) is 1. The third-order valence-corrected chi connectivity index (χ3v) is 6.04. The van der Waals surface area contributed by atoms with Gasteiger partial charge in [-0.05, 0) is 36.3 Å². The number of aryl methyl sites for hydroxylation is 2. The number of hydrogen-bond acceptors (Lipinski definition) is 3. The normalized spacial score (nSPS) is 30.9. The van der Waals surface area contributed by atoms with Crippen LogP contribution in [-0.4, -0.2) is 20.7 Å². The second-order valence-electron chi connectivity index (χ2n) is 7.11. The molecule has 24 heavy (non-hydrogen) atoms. The van der Waals surface area contributed by atoms with Gasteiger partial charge in [-0.1, -0.05) is 37.3 Å². The molecule has 0 aliphatic heterocycles. The summed E-state index contributed by atoms with van der Waals surface area (Å²) in [7, 11) is 1.98. The van der Waals surface area contributed by atoms with Gasteiger partial charge in [-0.15, -0.1) is 0 Å².